The van der Waals surface area contributed by atoms with Crippen molar-refractivity contribution >= 4 is 23.2 Å². The molecule has 0 aliphatic rings. The first-order valence-electron chi connectivity index (χ1n) is 8.74. The van der Waals surface area contributed by atoms with E-state index in [1.54, 1.807) is 68.8 Å². The Kier molecular flexibility index (Phi) is 5.99. The van der Waals surface area contributed by atoms with Gasteiger partial charge < -0.3 is 25.2 Å². The van der Waals surface area contributed by atoms with Crippen molar-refractivity contribution in [2.24, 2.45) is 0 Å². The summed E-state index contributed by atoms with van der Waals surface area (Å²) in [4.78, 5) is 24.8. The van der Waals surface area contributed by atoms with Crippen LogP contribution in [0, 0.1) is 0 Å². The smallest absolute Gasteiger partial charge is 0.255 e. The molecule has 148 valence electrons. The molecule has 0 saturated carbocycles. The molecule has 7 nitrogen and oxygen atoms in total. The second-order valence-electron chi connectivity index (χ2n) is 6.10. The molecule has 3 aromatic carbocycles. The molecule has 0 saturated heterocycles. The van der Waals surface area contributed by atoms with Gasteiger partial charge in [0.15, 0.2) is 0 Å². The summed E-state index contributed by atoms with van der Waals surface area (Å²) in [5.41, 5.74) is 1.45. The molecule has 0 bridgehead atoms. The maximum absolute atomic E-state index is 12.4. The maximum atomic E-state index is 12.4. The van der Waals surface area contributed by atoms with E-state index in [2.05, 4.69) is 10.6 Å². The molecule has 0 radical (unpaired) electrons. The Morgan fingerprint density at radius 3 is 1.69 bits per heavy atom. The molecule has 29 heavy (non-hydrogen) atoms. The number of aromatic hydroxyl groups is 1. The lowest BCUT2D eigenvalue weighted by molar-refractivity contribution is 0.101. The van der Waals surface area contributed by atoms with Crippen molar-refractivity contribution in [3.63, 3.8) is 0 Å². The lowest BCUT2D eigenvalue weighted by Gasteiger charge is -2.11. The third-order valence-corrected chi connectivity index (χ3v) is 4.21. The molecule has 0 atom stereocenters. The van der Waals surface area contributed by atoms with Crippen molar-refractivity contribution in [3.8, 4) is 17.2 Å². The molecule has 0 aromatic heterocycles. The van der Waals surface area contributed by atoms with Crippen LogP contribution in [-0.2, 0) is 0 Å². The van der Waals surface area contributed by atoms with Gasteiger partial charge in [0.1, 0.15) is 17.2 Å². The minimum absolute atomic E-state index is 0.116. The Morgan fingerprint density at radius 2 is 1.21 bits per heavy atom. The van der Waals surface area contributed by atoms with Crippen LogP contribution in [-0.4, -0.2) is 31.1 Å². The van der Waals surface area contributed by atoms with Gasteiger partial charge in [0.25, 0.3) is 11.8 Å². The van der Waals surface area contributed by atoms with Gasteiger partial charge in [-0.3, -0.25) is 9.59 Å². The number of phenolic OH excluding ortho intramolecular Hbond substituents is 1. The average Bonchev–Trinajstić information content (AvgIpc) is 2.76. The first-order valence-corrected chi connectivity index (χ1v) is 8.74. The summed E-state index contributed by atoms with van der Waals surface area (Å²) in [6, 6.07) is 17.6. The molecule has 0 spiro atoms. The van der Waals surface area contributed by atoms with Gasteiger partial charge in [0.05, 0.1) is 19.9 Å². The van der Waals surface area contributed by atoms with E-state index in [1.807, 2.05) is 0 Å². The van der Waals surface area contributed by atoms with Crippen molar-refractivity contribution < 1.29 is 24.2 Å². The second-order valence-corrected chi connectivity index (χ2v) is 6.10. The summed E-state index contributed by atoms with van der Waals surface area (Å²) < 4.78 is 10.1. The first-order chi connectivity index (χ1) is 14.0. The number of carbonyl (C=O) groups excluding carboxylic acids is 2. The van der Waals surface area contributed by atoms with Gasteiger partial charge in [0, 0.05) is 16.8 Å². The predicted octanol–water partition coefficient (Wildman–Crippen LogP) is 3.91. The van der Waals surface area contributed by atoms with E-state index in [4.69, 9.17) is 9.47 Å². The summed E-state index contributed by atoms with van der Waals surface area (Å²) >= 11 is 0. The van der Waals surface area contributed by atoms with E-state index in [1.165, 1.54) is 12.1 Å². The molecule has 3 aromatic rings. The summed E-state index contributed by atoms with van der Waals surface area (Å²) in [6.07, 6.45) is 0. The molecule has 0 heterocycles. The quantitative estimate of drug-likeness (QED) is 0.436. The summed E-state index contributed by atoms with van der Waals surface area (Å²) in [6.45, 7) is 0. The molecular weight excluding hydrogens is 372 g/mol. The largest absolute Gasteiger partial charge is 0.506 e. The van der Waals surface area contributed by atoms with E-state index in [0.717, 1.165) is 0 Å². The summed E-state index contributed by atoms with van der Waals surface area (Å²) in [5, 5.41) is 15.4. The Hall–Kier alpha value is -4.00. The number of phenols is 1. The third-order valence-electron chi connectivity index (χ3n) is 4.21. The Bertz CT molecular complexity index is 1010. The zero-order chi connectivity index (χ0) is 20.8. The highest BCUT2D eigenvalue weighted by Gasteiger charge is 2.12. The van der Waals surface area contributed by atoms with E-state index in [0.29, 0.717) is 28.3 Å². The van der Waals surface area contributed by atoms with Crippen LogP contribution in [0.3, 0.4) is 0 Å². The van der Waals surface area contributed by atoms with Crippen LogP contribution >= 0.6 is 0 Å². The van der Waals surface area contributed by atoms with E-state index in [9.17, 15) is 14.7 Å². The van der Waals surface area contributed by atoms with Gasteiger partial charge in [-0.25, -0.2) is 0 Å². The van der Waals surface area contributed by atoms with Gasteiger partial charge in [-0.15, -0.1) is 0 Å². The first kappa shape index (κ1) is 19.8. The third kappa shape index (κ3) is 4.84. The zero-order valence-electron chi connectivity index (χ0n) is 15.9. The van der Waals surface area contributed by atoms with Crippen molar-refractivity contribution in [2.75, 3.05) is 24.9 Å². The average molecular weight is 392 g/mol. The second kappa shape index (κ2) is 8.79. The fraction of sp³-hybridized carbons (Fsp3) is 0.0909. The van der Waals surface area contributed by atoms with Crippen molar-refractivity contribution in [2.45, 2.75) is 0 Å². The molecule has 3 rings (SSSR count). The molecule has 0 aliphatic heterocycles. The molecule has 0 unspecified atom stereocenters. The topological polar surface area (TPSA) is 96.9 Å². The lowest BCUT2D eigenvalue weighted by Crippen LogP contribution is -2.14. The van der Waals surface area contributed by atoms with Crippen molar-refractivity contribution in [3.05, 3.63) is 77.9 Å². The maximum Gasteiger partial charge on any atom is 0.255 e. The van der Waals surface area contributed by atoms with Gasteiger partial charge in [-0.1, -0.05) is 0 Å². The van der Waals surface area contributed by atoms with Crippen molar-refractivity contribution in [1.29, 1.82) is 0 Å². The Morgan fingerprint density at radius 1 is 0.724 bits per heavy atom. The van der Waals surface area contributed by atoms with Crippen molar-refractivity contribution in [1.82, 2.24) is 0 Å². The van der Waals surface area contributed by atoms with E-state index < -0.39 is 5.91 Å². The van der Waals surface area contributed by atoms with Crippen LogP contribution in [0.5, 0.6) is 17.2 Å². The van der Waals surface area contributed by atoms with E-state index >= 15 is 0 Å². The zero-order valence-corrected chi connectivity index (χ0v) is 15.9. The molecular formula is C22H20N2O5. The number of hydrogen-bond donors (Lipinski definition) is 3. The van der Waals surface area contributed by atoms with Crippen LogP contribution in [0.2, 0.25) is 0 Å². The van der Waals surface area contributed by atoms with Gasteiger partial charge >= 0.3 is 0 Å². The minimum Gasteiger partial charge on any atom is -0.506 e. The summed E-state index contributed by atoms with van der Waals surface area (Å²) in [5.74, 6) is 0.434. The number of nitrogens with one attached hydrogen (secondary N) is 2. The minimum atomic E-state index is -0.401. The number of ether oxygens (including phenoxy) is 2. The van der Waals surface area contributed by atoms with E-state index in [-0.39, 0.29) is 17.3 Å². The van der Waals surface area contributed by atoms with Crippen LogP contribution in [0.4, 0.5) is 11.4 Å². The monoisotopic (exact) mass is 392 g/mol. The molecule has 7 heteroatoms. The van der Waals surface area contributed by atoms with Gasteiger partial charge in [0.2, 0.25) is 0 Å². The number of amides is 2. The van der Waals surface area contributed by atoms with Crippen LogP contribution in [0.25, 0.3) is 0 Å². The number of benzene rings is 3. The number of anilines is 2. The number of methoxy groups -OCH3 is 2. The molecule has 3 N–H and O–H groups in total. The highest BCUT2D eigenvalue weighted by Crippen LogP contribution is 2.28. The Balaban J connectivity index is 1.72. The normalized spacial score (nSPS) is 10.1. The fourth-order valence-electron chi connectivity index (χ4n) is 2.60. The summed E-state index contributed by atoms with van der Waals surface area (Å²) in [7, 11) is 3.09. The molecule has 0 fully saturated rings. The van der Waals surface area contributed by atoms with Crippen LogP contribution in [0.15, 0.2) is 66.7 Å². The number of rotatable bonds is 6. The van der Waals surface area contributed by atoms with Gasteiger partial charge in [-0.2, -0.15) is 0 Å². The SMILES string of the molecule is COc1ccc(C(=O)Nc2ccc(O)c(NC(=O)c3ccc(OC)cc3)c2)cc1. The molecule has 2 amide bonds. The lowest BCUT2D eigenvalue weighted by atomic mass is 10.1. The fourth-order valence-corrected chi connectivity index (χ4v) is 2.60. The number of hydrogen-bond acceptors (Lipinski definition) is 5. The van der Waals surface area contributed by atoms with Gasteiger partial charge in [-0.05, 0) is 66.7 Å². The molecule has 0 aliphatic carbocycles. The van der Waals surface area contributed by atoms with Crippen LogP contribution < -0.4 is 20.1 Å². The standard InChI is InChI=1S/C22H20N2O5/c1-28-17-8-3-14(4-9-17)21(26)23-16-7-12-20(25)19(13-16)24-22(27)15-5-10-18(29-2)11-6-15/h3-13,25H,1-2H3,(H,23,26)(H,24,27). The Labute approximate surface area is 167 Å². The highest BCUT2D eigenvalue weighted by molar-refractivity contribution is 6.07. The predicted molar refractivity (Wildman–Crippen MR) is 110 cm³/mol. The number of carbonyl (C=O) groups is 2. The highest BCUT2D eigenvalue weighted by atomic mass is 16.5. The van der Waals surface area contributed by atoms with Crippen LogP contribution in [0.1, 0.15) is 20.7 Å².